The van der Waals surface area contributed by atoms with Crippen molar-refractivity contribution in [1.29, 1.82) is 0 Å². The lowest BCUT2D eigenvalue weighted by molar-refractivity contribution is -0.121. The number of nitrogens with zero attached hydrogens (tertiary/aromatic N) is 1. The molecular weight excluding hydrogens is 442 g/mol. The lowest BCUT2D eigenvalue weighted by Gasteiger charge is -2.16. The van der Waals surface area contributed by atoms with Crippen LogP contribution in [0.2, 0.25) is 0 Å². The van der Waals surface area contributed by atoms with E-state index in [4.69, 9.17) is 4.74 Å². The molecule has 154 valence electrons. The monoisotopic (exact) mass is 465 g/mol. The Morgan fingerprint density at radius 2 is 1.73 bits per heavy atom. The highest BCUT2D eigenvalue weighted by Crippen LogP contribution is 2.18. The molecule has 1 atom stereocenters. The molecule has 0 aliphatic heterocycles. The Morgan fingerprint density at radius 1 is 1.03 bits per heavy atom. The highest BCUT2D eigenvalue weighted by Gasteiger charge is 2.15. The van der Waals surface area contributed by atoms with E-state index in [9.17, 15) is 4.79 Å². The lowest BCUT2D eigenvalue weighted by atomic mass is 10.2. The molecule has 2 N–H and O–H groups in total. The van der Waals surface area contributed by atoms with Crippen molar-refractivity contribution in [2.24, 2.45) is 5.10 Å². The maximum absolute atomic E-state index is 12.5. The first-order valence-corrected chi connectivity index (χ1v) is 10.6. The number of nitrogens with one attached hydrogen (secondary N) is 2. The van der Waals surface area contributed by atoms with E-state index in [1.807, 2.05) is 85.8 Å². The first-order valence-electron chi connectivity index (χ1n) is 9.76. The molecule has 3 aromatic carbocycles. The second kappa shape index (κ2) is 11.2. The standard InChI is InChI=1S/C24H24BrN3O2/c1-2-22(27-21-14-12-20(25)13-15-21)24(29)28-26-16-19-10-6-7-11-23(19)30-17-18-8-4-3-5-9-18/h3-16,22,27H,2,17H2,1H3,(H,28,29)/b26-16-/t22-/m0/s1. The molecule has 6 heteroatoms. The van der Waals surface area contributed by atoms with Crippen molar-refractivity contribution >= 4 is 33.7 Å². The molecule has 0 fully saturated rings. The second-order valence-corrected chi connectivity index (χ2v) is 7.57. The van der Waals surface area contributed by atoms with Crippen molar-refractivity contribution in [3.63, 3.8) is 0 Å². The number of halogens is 1. The number of rotatable bonds is 9. The molecule has 0 aliphatic carbocycles. The van der Waals surface area contributed by atoms with Crippen LogP contribution in [0.1, 0.15) is 24.5 Å². The first-order chi connectivity index (χ1) is 14.7. The zero-order valence-corrected chi connectivity index (χ0v) is 18.3. The lowest BCUT2D eigenvalue weighted by Crippen LogP contribution is -2.36. The molecule has 5 nitrogen and oxygen atoms in total. The quantitative estimate of drug-likeness (QED) is 0.329. The number of anilines is 1. The number of hydrazone groups is 1. The van der Waals surface area contributed by atoms with Gasteiger partial charge in [-0.1, -0.05) is 65.3 Å². The summed E-state index contributed by atoms with van der Waals surface area (Å²) in [6.07, 6.45) is 2.23. The molecule has 0 spiro atoms. The third-order valence-corrected chi connectivity index (χ3v) is 4.97. The van der Waals surface area contributed by atoms with Crippen molar-refractivity contribution in [3.8, 4) is 5.75 Å². The van der Waals surface area contributed by atoms with E-state index in [2.05, 4.69) is 31.8 Å². The van der Waals surface area contributed by atoms with Crippen molar-refractivity contribution in [3.05, 3.63) is 94.5 Å². The van der Waals surface area contributed by atoms with Gasteiger partial charge in [0.2, 0.25) is 0 Å². The average molecular weight is 466 g/mol. The molecule has 1 amide bonds. The highest BCUT2D eigenvalue weighted by molar-refractivity contribution is 9.10. The van der Waals surface area contributed by atoms with Crippen molar-refractivity contribution in [2.45, 2.75) is 26.0 Å². The fraction of sp³-hybridized carbons (Fsp3) is 0.167. The number of hydrogen-bond donors (Lipinski definition) is 2. The maximum atomic E-state index is 12.5. The first kappa shape index (κ1) is 21.6. The number of carbonyl (C=O) groups excluding carboxylic acids is 1. The normalized spacial score (nSPS) is 11.8. The SMILES string of the molecule is CC[C@H](Nc1ccc(Br)cc1)C(=O)N/N=C\c1ccccc1OCc1ccccc1. The Kier molecular flexibility index (Phi) is 8.03. The molecule has 0 unspecified atom stereocenters. The van der Waals surface area contributed by atoms with Gasteiger partial charge in [-0.3, -0.25) is 4.79 Å². The topological polar surface area (TPSA) is 62.7 Å². The molecule has 0 radical (unpaired) electrons. The van der Waals surface area contributed by atoms with E-state index in [1.54, 1.807) is 6.21 Å². The second-order valence-electron chi connectivity index (χ2n) is 6.66. The van der Waals surface area contributed by atoms with Gasteiger partial charge in [0.25, 0.3) is 5.91 Å². The van der Waals surface area contributed by atoms with Gasteiger partial charge < -0.3 is 10.1 Å². The van der Waals surface area contributed by atoms with Crippen molar-refractivity contribution in [2.75, 3.05) is 5.32 Å². The van der Waals surface area contributed by atoms with Crippen LogP contribution in [-0.4, -0.2) is 18.2 Å². The van der Waals surface area contributed by atoms with Crippen LogP contribution in [0.3, 0.4) is 0 Å². The van der Waals surface area contributed by atoms with E-state index in [0.29, 0.717) is 18.8 Å². The number of amides is 1. The summed E-state index contributed by atoms with van der Waals surface area (Å²) in [6, 6.07) is 24.9. The number of hydrogen-bond acceptors (Lipinski definition) is 4. The Balaban J connectivity index is 1.58. The Labute approximate surface area is 185 Å². The average Bonchev–Trinajstić information content (AvgIpc) is 2.78. The van der Waals surface area contributed by atoms with Gasteiger partial charge in [-0.05, 0) is 48.4 Å². The minimum absolute atomic E-state index is 0.195. The Hall–Kier alpha value is -3.12. The summed E-state index contributed by atoms with van der Waals surface area (Å²) in [5.74, 6) is 0.513. The van der Waals surface area contributed by atoms with E-state index < -0.39 is 0 Å². The van der Waals surface area contributed by atoms with Gasteiger partial charge in [0.15, 0.2) is 0 Å². The van der Waals surface area contributed by atoms with E-state index in [1.165, 1.54) is 0 Å². The van der Waals surface area contributed by atoms with Gasteiger partial charge >= 0.3 is 0 Å². The van der Waals surface area contributed by atoms with Crippen LogP contribution < -0.4 is 15.5 Å². The van der Waals surface area contributed by atoms with Crippen LogP contribution in [0, 0.1) is 0 Å². The fourth-order valence-electron chi connectivity index (χ4n) is 2.80. The van der Waals surface area contributed by atoms with E-state index in [0.717, 1.165) is 21.3 Å². The highest BCUT2D eigenvalue weighted by atomic mass is 79.9. The third kappa shape index (κ3) is 6.46. The number of para-hydroxylation sites is 1. The molecule has 30 heavy (non-hydrogen) atoms. The molecule has 3 aromatic rings. The van der Waals surface area contributed by atoms with Gasteiger partial charge in [-0.15, -0.1) is 0 Å². The van der Waals surface area contributed by atoms with Crippen molar-refractivity contribution < 1.29 is 9.53 Å². The Morgan fingerprint density at radius 3 is 2.47 bits per heavy atom. The van der Waals surface area contributed by atoms with Crippen LogP contribution in [0.15, 0.2) is 88.4 Å². The zero-order valence-electron chi connectivity index (χ0n) is 16.7. The molecular formula is C24H24BrN3O2. The van der Waals surface area contributed by atoms with Crippen LogP contribution in [0.25, 0.3) is 0 Å². The van der Waals surface area contributed by atoms with Crippen LogP contribution >= 0.6 is 15.9 Å². The zero-order chi connectivity index (χ0) is 21.2. The molecule has 0 saturated carbocycles. The van der Waals surface area contributed by atoms with E-state index >= 15 is 0 Å². The predicted molar refractivity (Wildman–Crippen MR) is 125 cm³/mol. The maximum Gasteiger partial charge on any atom is 0.262 e. The largest absolute Gasteiger partial charge is 0.488 e. The van der Waals surface area contributed by atoms with Crippen molar-refractivity contribution in [1.82, 2.24) is 5.43 Å². The summed E-state index contributed by atoms with van der Waals surface area (Å²) in [6.45, 7) is 2.42. The minimum Gasteiger partial charge on any atom is -0.488 e. The van der Waals surface area contributed by atoms with Crippen LogP contribution in [0.4, 0.5) is 5.69 Å². The third-order valence-electron chi connectivity index (χ3n) is 4.44. The predicted octanol–water partition coefficient (Wildman–Crippen LogP) is 5.37. The van der Waals surface area contributed by atoms with Crippen LogP contribution in [0.5, 0.6) is 5.75 Å². The fourth-order valence-corrected chi connectivity index (χ4v) is 3.06. The van der Waals surface area contributed by atoms with E-state index in [-0.39, 0.29) is 11.9 Å². The Bertz CT molecular complexity index is 975. The summed E-state index contributed by atoms with van der Waals surface area (Å²) in [7, 11) is 0. The summed E-state index contributed by atoms with van der Waals surface area (Å²) in [5, 5.41) is 7.35. The summed E-state index contributed by atoms with van der Waals surface area (Å²) in [4.78, 5) is 12.5. The minimum atomic E-state index is -0.382. The number of carbonyl (C=O) groups is 1. The molecule has 0 saturated heterocycles. The molecule has 0 aliphatic rings. The molecule has 3 rings (SSSR count). The van der Waals surface area contributed by atoms with Gasteiger partial charge in [0, 0.05) is 15.7 Å². The van der Waals surface area contributed by atoms with Gasteiger partial charge in [-0.2, -0.15) is 5.10 Å². The molecule has 0 aromatic heterocycles. The molecule has 0 bridgehead atoms. The summed E-state index contributed by atoms with van der Waals surface area (Å²) in [5.41, 5.74) is 5.38. The summed E-state index contributed by atoms with van der Waals surface area (Å²) < 4.78 is 6.91. The number of benzene rings is 3. The van der Waals surface area contributed by atoms with Gasteiger partial charge in [0.1, 0.15) is 18.4 Å². The van der Waals surface area contributed by atoms with Gasteiger partial charge in [0.05, 0.1) is 6.21 Å². The smallest absolute Gasteiger partial charge is 0.262 e. The van der Waals surface area contributed by atoms with Gasteiger partial charge in [-0.25, -0.2) is 5.43 Å². The molecule has 0 heterocycles. The number of ether oxygens (including phenoxy) is 1. The summed E-state index contributed by atoms with van der Waals surface area (Å²) >= 11 is 3.41. The van der Waals surface area contributed by atoms with Crippen LogP contribution in [-0.2, 0) is 11.4 Å².